The van der Waals surface area contributed by atoms with Gasteiger partial charge in [0, 0.05) is 13.7 Å². The third kappa shape index (κ3) is 4.65. The first-order valence-electron chi connectivity index (χ1n) is 12.1. The van der Waals surface area contributed by atoms with E-state index in [1.165, 1.54) is 4.90 Å². The zero-order valence-electron chi connectivity index (χ0n) is 20.9. The van der Waals surface area contributed by atoms with Crippen LogP contribution in [0, 0.1) is 11.3 Å². The summed E-state index contributed by atoms with van der Waals surface area (Å²) < 4.78 is 17.1. The van der Waals surface area contributed by atoms with Gasteiger partial charge in [0.05, 0.1) is 24.1 Å². The molecule has 2 heterocycles. The Kier molecular flexibility index (Phi) is 6.40. The lowest BCUT2D eigenvalue weighted by atomic mass is 9.91. The normalized spacial score (nSPS) is 27.5. The van der Waals surface area contributed by atoms with E-state index >= 15 is 0 Å². The number of hydrogen-bond acceptors (Lipinski definition) is 6. The summed E-state index contributed by atoms with van der Waals surface area (Å²) >= 11 is 0. The maximum atomic E-state index is 13.6. The molecule has 1 saturated carbocycles. The van der Waals surface area contributed by atoms with Gasteiger partial charge in [0.2, 0.25) is 5.91 Å². The van der Waals surface area contributed by atoms with E-state index in [0.29, 0.717) is 6.54 Å². The van der Waals surface area contributed by atoms with Gasteiger partial charge < -0.3 is 19.1 Å². The molecule has 3 amide bonds. The van der Waals surface area contributed by atoms with Gasteiger partial charge in [0.25, 0.3) is 0 Å². The van der Waals surface area contributed by atoms with E-state index in [4.69, 9.17) is 14.2 Å². The van der Waals surface area contributed by atoms with Crippen LogP contribution in [-0.4, -0.2) is 65.3 Å². The van der Waals surface area contributed by atoms with E-state index in [1.54, 1.807) is 18.9 Å². The van der Waals surface area contributed by atoms with Gasteiger partial charge in [-0.25, -0.2) is 14.5 Å². The SMILES string of the molecule is CO[C@H]([C@@H](C)C(=O)N1C(=O)O[C@@H](c2ccccc2)[C@H]1C)[C@@H]1CC2(CC2)CN1C(=O)OC(C)(C)C. The molecule has 1 aromatic carbocycles. The Balaban J connectivity index is 1.53. The number of imide groups is 1. The number of rotatable bonds is 5. The Morgan fingerprint density at radius 2 is 1.82 bits per heavy atom. The van der Waals surface area contributed by atoms with Gasteiger partial charge in [0.1, 0.15) is 11.7 Å². The number of methoxy groups -OCH3 is 1. The molecule has 34 heavy (non-hydrogen) atoms. The number of carbonyl (C=O) groups excluding carboxylic acids is 3. The van der Waals surface area contributed by atoms with Crippen LogP contribution in [0.15, 0.2) is 30.3 Å². The minimum Gasteiger partial charge on any atom is -0.444 e. The van der Waals surface area contributed by atoms with Crippen LogP contribution in [0.3, 0.4) is 0 Å². The fourth-order valence-corrected chi connectivity index (χ4v) is 5.35. The minimum absolute atomic E-state index is 0.0827. The van der Waals surface area contributed by atoms with E-state index in [-0.39, 0.29) is 23.5 Å². The topological polar surface area (TPSA) is 85.4 Å². The van der Waals surface area contributed by atoms with Crippen molar-refractivity contribution in [3.05, 3.63) is 35.9 Å². The van der Waals surface area contributed by atoms with E-state index in [9.17, 15) is 14.4 Å². The zero-order valence-corrected chi connectivity index (χ0v) is 20.9. The van der Waals surface area contributed by atoms with Crippen LogP contribution < -0.4 is 0 Å². The number of cyclic esters (lactones) is 1. The van der Waals surface area contributed by atoms with Crippen molar-refractivity contribution in [1.29, 1.82) is 0 Å². The summed E-state index contributed by atoms with van der Waals surface area (Å²) in [6.07, 6.45) is 0.727. The molecule has 4 rings (SSSR count). The summed E-state index contributed by atoms with van der Waals surface area (Å²) in [5, 5.41) is 0. The fraction of sp³-hybridized carbons (Fsp3) is 0.654. The van der Waals surface area contributed by atoms with E-state index in [0.717, 1.165) is 24.8 Å². The molecule has 0 radical (unpaired) electrons. The highest BCUT2D eigenvalue weighted by molar-refractivity contribution is 5.95. The van der Waals surface area contributed by atoms with Crippen LogP contribution in [0.4, 0.5) is 9.59 Å². The predicted octanol–water partition coefficient (Wildman–Crippen LogP) is 4.54. The first-order valence-corrected chi connectivity index (χ1v) is 12.1. The van der Waals surface area contributed by atoms with Crippen LogP contribution in [-0.2, 0) is 19.0 Å². The number of benzene rings is 1. The molecule has 1 spiro atoms. The quantitative estimate of drug-likeness (QED) is 0.626. The standard InChI is InChI=1S/C26H36N2O6/c1-16(22(29)28-17(2)21(33-24(28)31)18-10-8-7-9-11-18)20(32-6)19-14-26(12-13-26)15-27(19)23(30)34-25(3,4)5/h7-11,16-17,19-21H,12-15H2,1-6H3/t16-,17-,19+,20-,21-/m1/s1. The highest BCUT2D eigenvalue weighted by Crippen LogP contribution is 2.56. The number of ether oxygens (including phenoxy) is 3. The molecule has 3 fully saturated rings. The van der Waals surface area contributed by atoms with Crippen LogP contribution in [0.5, 0.6) is 0 Å². The Hall–Kier alpha value is -2.61. The summed E-state index contributed by atoms with van der Waals surface area (Å²) in [4.78, 5) is 42.3. The molecule has 2 aliphatic heterocycles. The smallest absolute Gasteiger partial charge is 0.417 e. The molecule has 5 atom stereocenters. The van der Waals surface area contributed by atoms with Crippen molar-refractivity contribution in [2.24, 2.45) is 11.3 Å². The molecule has 0 bridgehead atoms. The molecular weight excluding hydrogens is 436 g/mol. The summed E-state index contributed by atoms with van der Waals surface area (Å²) in [5.74, 6) is -1.01. The van der Waals surface area contributed by atoms with Crippen molar-refractivity contribution in [2.75, 3.05) is 13.7 Å². The molecule has 0 unspecified atom stereocenters. The number of likely N-dealkylation sites (tertiary alicyclic amines) is 1. The number of carbonyl (C=O) groups is 3. The van der Waals surface area contributed by atoms with Gasteiger partial charge in [-0.2, -0.15) is 0 Å². The number of hydrogen-bond donors (Lipinski definition) is 0. The highest BCUT2D eigenvalue weighted by Gasteiger charge is 2.57. The van der Waals surface area contributed by atoms with Crippen molar-refractivity contribution in [3.63, 3.8) is 0 Å². The van der Waals surface area contributed by atoms with Gasteiger partial charge in [-0.05, 0) is 57.9 Å². The van der Waals surface area contributed by atoms with Gasteiger partial charge in [0.15, 0.2) is 0 Å². The third-order valence-corrected chi connectivity index (χ3v) is 7.30. The lowest BCUT2D eigenvalue weighted by molar-refractivity contribution is -0.139. The van der Waals surface area contributed by atoms with Crippen molar-refractivity contribution in [1.82, 2.24) is 9.80 Å². The van der Waals surface area contributed by atoms with Gasteiger partial charge in [-0.1, -0.05) is 37.3 Å². The average Bonchev–Trinajstić information content (AvgIpc) is 3.32. The first-order chi connectivity index (χ1) is 16.0. The lowest BCUT2D eigenvalue weighted by Crippen LogP contribution is -2.52. The Morgan fingerprint density at radius 1 is 1.18 bits per heavy atom. The Labute approximate surface area is 201 Å². The maximum Gasteiger partial charge on any atom is 0.417 e. The molecule has 3 aliphatic rings. The monoisotopic (exact) mass is 472 g/mol. The summed E-state index contributed by atoms with van der Waals surface area (Å²) in [5.41, 5.74) is 0.308. The van der Waals surface area contributed by atoms with Crippen molar-refractivity contribution in [2.45, 2.75) is 83.8 Å². The van der Waals surface area contributed by atoms with Crippen LogP contribution in [0.25, 0.3) is 0 Å². The van der Waals surface area contributed by atoms with E-state index in [1.807, 2.05) is 58.0 Å². The predicted molar refractivity (Wildman–Crippen MR) is 125 cm³/mol. The zero-order chi connectivity index (χ0) is 24.8. The molecule has 0 aromatic heterocycles. The molecule has 8 nitrogen and oxygen atoms in total. The number of nitrogens with zero attached hydrogens (tertiary/aromatic N) is 2. The van der Waals surface area contributed by atoms with Crippen LogP contribution in [0.1, 0.15) is 65.5 Å². The Morgan fingerprint density at radius 3 is 2.38 bits per heavy atom. The first kappa shape index (κ1) is 24.5. The summed E-state index contributed by atoms with van der Waals surface area (Å²) in [6, 6.07) is 8.66. The van der Waals surface area contributed by atoms with Gasteiger partial charge >= 0.3 is 12.2 Å². The van der Waals surface area contributed by atoms with Crippen molar-refractivity contribution in [3.8, 4) is 0 Å². The highest BCUT2D eigenvalue weighted by atomic mass is 16.6. The summed E-state index contributed by atoms with van der Waals surface area (Å²) in [6.45, 7) is 9.70. The molecule has 8 heteroatoms. The fourth-order valence-electron chi connectivity index (χ4n) is 5.35. The number of amides is 3. The molecular formula is C26H36N2O6. The van der Waals surface area contributed by atoms with Crippen molar-refractivity contribution >= 4 is 18.1 Å². The van der Waals surface area contributed by atoms with Crippen LogP contribution >= 0.6 is 0 Å². The minimum atomic E-state index is -0.654. The molecule has 2 saturated heterocycles. The second-order valence-electron chi connectivity index (χ2n) is 11.0. The average molecular weight is 473 g/mol. The molecule has 1 aliphatic carbocycles. The second-order valence-corrected chi connectivity index (χ2v) is 11.0. The van der Waals surface area contributed by atoms with Gasteiger partial charge in [-0.3, -0.25) is 4.79 Å². The van der Waals surface area contributed by atoms with Crippen molar-refractivity contribution < 1.29 is 28.6 Å². The van der Waals surface area contributed by atoms with Gasteiger partial charge in [-0.15, -0.1) is 0 Å². The summed E-state index contributed by atoms with van der Waals surface area (Å²) in [7, 11) is 1.55. The third-order valence-electron chi connectivity index (χ3n) is 7.30. The molecule has 1 aromatic rings. The largest absolute Gasteiger partial charge is 0.444 e. The van der Waals surface area contributed by atoms with E-state index in [2.05, 4.69) is 0 Å². The molecule has 186 valence electrons. The molecule has 0 N–H and O–H groups in total. The van der Waals surface area contributed by atoms with Crippen LogP contribution in [0.2, 0.25) is 0 Å². The maximum absolute atomic E-state index is 13.6. The van der Waals surface area contributed by atoms with E-state index < -0.39 is 35.9 Å². The second kappa shape index (κ2) is 8.87. The Bertz CT molecular complexity index is 938. The lowest BCUT2D eigenvalue weighted by Gasteiger charge is -2.35.